The van der Waals surface area contributed by atoms with Gasteiger partial charge in [-0.2, -0.15) is 0 Å². The standard InChI is InChI=1S/C14H24N2O4/c1-3-6-12(17)16-9-5-4-7-11(16)14(20)15(2)10-8-13(18)19/h11H,3-10H2,1-2H3,(H,18,19). The van der Waals surface area contributed by atoms with Crippen molar-refractivity contribution in [1.82, 2.24) is 9.80 Å². The van der Waals surface area contributed by atoms with Crippen LogP contribution in [0.3, 0.4) is 0 Å². The Balaban J connectivity index is 2.66. The molecule has 0 aromatic carbocycles. The van der Waals surface area contributed by atoms with Crippen molar-refractivity contribution in [2.24, 2.45) is 0 Å². The third-order valence-corrected chi connectivity index (χ3v) is 3.61. The number of carbonyl (C=O) groups excluding carboxylic acids is 2. The molecular weight excluding hydrogens is 260 g/mol. The smallest absolute Gasteiger partial charge is 0.305 e. The number of likely N-dealkylation sites (tertiary alicyclic amines) is 1. The first-order chi connectivity index (χ1) is 9.47. The number of aliphatic carboxylic acids is 1. The number of nitrogens with zero attached hydrogens (tertiary/aromatic N) is 2. The zero-order valence-corrected chi connectivity index (χ0v) is 12.3. The molecule has 0 aromatic heterocycles. The summed E-state index contributed by atoms with van der Waals surface area (Å²) in [6.45, 7) is 2.75. The van der Waals surface area contributed by atoms with Crippen LogP contribution in [0.1, 0.15) is 45.4 Å². The molecule has 0 saturated carbocycles. The van der Waals surface area contributed by atoms with Gasteiger partial charge in [0.05, 0.1) is 6.42 Å². The molecule has 114 valence electrons. The molecule has 0 bridgehead atoms. The van der Waals surface area contributed by atoms with Crippen LogP contribution in [0.2, 0.25) is 0 Å². The van der Waals surface area contributed by atoms with E-state index in [1.54, 1.807) is 11.9 Å². The van der Waals surface area contributed by atoms with E-state index in [9.17, 15) is 14.4 Å². The lowest BCUT2D eigenvalue weighted by Gasteiger charge is -2.36. The van der Waals surface area contributed by atoms with Gasteiger partial charge in [-0.25, -0.2) is 0 Å². The second kappa shape index (κ2) is 7.87. The van der Waals surface area contributed by atoms with Gasteiger partial charge >= 0.3 is 5.97 Å². The van der Waals surface area contributed by atoms with Crippen molar-refractivity contribution in [2.45, 2.75) is 51.5 Å². The summed E-state index contributed by atoms with van der Waals surface area (Å²) >= 11 is 0. The van der Waals surface area contributed by atoms with Gasteiger partial charge in [-0.1, -0.05) is 6.92 Å². The van der Waals surface area contributed by atoms with Gasteiger partial charge in [0, 0.05) is 26.6 Å². The van der Waals surface area contributed by atoms with Crippen LogP contribution in [-0.4, -0.2) is 58.9 Å². The SMILES string of the molecule is CCCC(=O)N1CCCCC1C(=O)N(C)CCC(=O)O. The monoisotopic (exact) mass is 284 g/mol. The molecule has 1 unspecified atom stereocenters. The average molecular weight is 284 g/mol. The third kappa shape index (κ3) is 4.51. The first-order valence-corrected chi connectivity index (χ1v) is 7.23. The van der Waals surface area contributed by atoms with E-state index < -0.39 is 12.0 Å². The van der Waals surface area contributed by atoms with Crippen molar-refractivity contribution >= 4 is 17.8 Å². The number of likely N-dealkylation sites (N-methyl/N-ethyl adjacent to an activating group) is 1. The zero-order valence-electron chi connectivity index (χ0n) is 12.3. The Morgan fingerprint density at radius 3 is 2.55 bits per heavy atom. The van der Waals surface area contributed by atoms with E-state index in [0.29, 0.717) is 19.4 Å². The van der Waals surface area contributed by atoms with Gasteiger partial charge in [0.15, 0.2) is 0 Å². The first-order valence-electron chi connectivity index (χ1n) is 7.23. The predicted molar refractivity (Wildman–Crippen MR) is 74.1 cm³/mol. The summed E-state index contributed by atoms with van der Waals surface area (Å²) in [5.74, 6) is -1.04. The largest absolute Gasteiger partial charge is 0.481 e. The summed E-state index contributed by atoms with van der Waals surface area (Å²) < 4.78 is 0. The molecule has 6 nitrogen and oxygen atoms in total. The summed E-state index contributed by atoms with van der Waals surface area (Å²) in [5.41, 5.74) is 0. The van der Waals surface area contributed by atoms with Crippen LogP contribution in [0.5, 0.6) is 0 Å². The summed E-state index contributed by atoms with van der Waals surface area (Å²) in [6, 6.07) is -0.415. The maximum absolute atomic E-state index is 12.4. The highest BCUT2D eigenvalue weighted by Gasteiger charge is 2.33. The van der Waals surface area contributed by atoms with Crippen molar-refractivity contribution in [3.8, 4) is 0 Å². The summed E-state index contributed by atoms with van der Waals surface area (Å²) in [4.78, 5) is 38.1. The van der Waals surface area contributed by atoms with Gasteiger partial charge in [0.2, 0.25) is 11.8 Å². The third-order valence-electron chi connectivity index (χ3n) is 3.61. The molecule has 2 amide bonds. The van der Waals surface area contributed by atoms with E-state index >= 15 is 0 Å². The maximum Gasteiger partial charge on any atom is 0.305 e. The Bertz CT molecular complexity index is 370. The van der Waals surface area contributed by atoms with E-state index in [1.165, 1.54) is 4.90 Å². The van der Waals surface area contributed by atoms with E-state index in [1.807, 2.05) is 6.92 Å². The lowest BCUT2D eigenvalue weighted by atomic mass is 10.00. The highest BCUT2D eigenvalue weighted by Crippen LogP contribution is 2.20. The molecule has 6 heteroatoms. The fourth-order valence-corrected chi connectivity index (χ4v) is 2.47. The van der Waals surface area contributed by atoms with Crippen LogP contribution in [-0.2, 0) is 14.4 Å². The number of piperidine rings is 1. The number of carbonyl (C=O) groups is 3. The summed E-state index contributed by atoms with van der Waals surface area (Å²) in [5, 5.41) is 8.66. The van der Waals surface area contributed by atoms with Crippen LogP contribution < -0.4 is 0 Å². The number of carboxylic acid groups (broad SMARTS) is 1. The van der Waals surface area contributed by atoms with Crippen LogP contribution >= 0.6 is 0 Å². The van der Waals surface area contributed by atoms with Gasteiger partial charge in [-0.15, -0.1) is 0 Å². The highest BCUT2D eigenvalue weighted by molar-refractivity contribution is 5.88. The lowest BCUT2D eigenvalue weighted by Crippen LogP contribution is -2.52. The minimum absolute atomic E-state index is 0.0252. The second-order valence-electron chi connectivity index (χ2n) is 5.25. The molecule has 0 radical (unpaired) electrons. The molecule has 0 aromatic rings. The number of amides is 2. The summed E-state index contributed by atoms with van der Waals surface area (Å²) in [6.07, 6.45) is 3.69. The second-order valence-corrected chi connectivity index (χ2v) is 5.25. The topological polar surface area (TPSA) is 77.9 Å². The van der Waals surface area contributed by atoms with E-state index in [2.05, 4.69) is 0 Å². The molecule has 1 rings (SSSR count). The summed E-state index contributed by atoms with van der Waals surface area (Å²) in [7, 11) is 1.60. The minimum Gasteiger partial charge on any atom is -0.481 e. The Morgan fingerprint density at radius 2 is 1.95 bits per heavy atom. The van der Waals surface area contributed by atoms with E-state index in [0.717, 1.165) is 19.3 Å². The van der Waals surface area contributed by atoms with Crippen LogP contribution in [0.25, 0.3) is 0 Å². The van der Waals surface area contributed by atoms with Gasteiger partial charge in [-0.3, -0.25) is 14.4 Å². The van der Waals surface area contributed by atoms with Crippen LogP contribution in [0.4, 0.5) is 0 Å². The Kier molecular flexibility index (Phi) is 6.48. The number of carboxylic acids is 1. The Labute approximate surface area is 119 Å². The van der Waals surface area contributed by atoms with Crippen LogP contribution in [0.15, 0.2) is 0 Å². The normalized spacial score (nSPS) is 18.7. The molecule has 0 aliphatic carbocycles. The molecule has 20 heavy (non-hydrogen) atoms. The highest BCUT2D eigenvalue weighted by atomic mass is 16.4. The molecule has 1 fully saturated rings. The van der Waals surface area contributed by atoms with Crippen molar-refractivity contribution in [3.05, 3.63) is 0 Å². The maximum atomic E-state index is 12.4. The number of hydrogen-bond acceptors (Lipinski definition) is 3. The molecular formula is C14H24N2O4. The zero-order chi connectivity index (χ0) is 15.1. The number of hydrogen-bond donors (Lipinski definition) is 1. The Hall–Kier alpha value is -1.59. The molecule has 1 saturated heterocycles. The fourth-order valence-electron chi connectivity index (χ4n) is 2.47. The lowest BCUT2D eigenvalue weighted by molar-refractivity contribution is -0.147. The van der Waals surface area contributed by atoms with Gasteiger partial charge in [0.25, 0.3) is 0 Å². The van der Waals surface area contributed by atoms with Crippen molar-refractivity contribution in [2.75, 3.05) is 20.1 Å². The molecule has 1 atom stereocenters. The van der Waals surface area contributed by atoms with Crippen molar-refractivity contribution in [3.63, 3.8) is 0 Å². The van der Waals surface area contributed by atoms with Crippen molar-refractivity contribution in [1.29, 1.82) is 0 Å². The number of rotatable bonds is 6. The molecule has 1 aliphatic heterocycles. The fraction of sp³-hybridized carbons (Fsp3) is 0.786. The van der Waals surface area contributed by atoms with E-state index in [4.69, 9.17) is 5.11 Å². The van der Waals surface area contributed by atoms with Gasteiger partial charge in [-0.05, 0) is 25.7 Å². The first kappa shape index (κ1) is 16.5. The molecule has 0 spiro atoms. The van der Waals surface area contributed by atoms with Crippen LogP contribution in [0, 0.1) is 0 Å². The van der Waals surface area contributed by atoms with Gasteiger partial charge in [0.1, 0.15) is 6.04 Å². The average Bonchev–Trinajstić information content (AvgIpc) is 2.44. The van der Waals surface area contributed by atoms with Gasteiger partial charge < -0.3 is 14.9 Å². The molecule has 1 aliphatic rings. The molecule has 1 heterocycles. The van der Waals surface area contributed by atoms with Crippen molar-refractivity contribution < 1.29 is 19.5 Å². The molecule has 1 N–H and O–H groups in total. The predicted octanol–water partition coefficient (Wildman–Crippen LogP) is 1.10. The quantitative estimate of drug-likeness (QED) is 0.792. The Morgan fingerprint density at radius 1 is 1.25 bits per heavy atom. The van der Waals surface area contributed by atoms with E-state index in [-0.39, 0.29) is 24.8 Å². The minimum atomic E-state index is -0.924.